The Kier molecular flexibility index (Phi) is 5.56. The van der Waals surface area contributed by atoms with Gasteiger partial charge in [-0.05, 0) is 31.2 Å². The number of benzene rings is 2. The van der Waals surface area contributed by atoms with E-state index in [1.807, 2.05) is 37.3 Å². The number of anilines is 1. The lowest BCUT2D eigenvalue weighted by atomic mass is 10.1. The number of rotatable bonds is 7. The summed E-state index contributed by atoms with van der Waals surface area (Å²) in [6.45, 7) is 2.67. The van der Waals surface area contributed by atoms with Crippen LogP contribution in [0.5, 0.6) is 5.75 Å². The first kappa shape index (κ1) is 19.4. The van der Waals surface area contributed by atoms with Gasteiger partial charge < -0.3 is 14.6 Å². The molecule has 0 saturated carbocycles. The van der Waals surface area contributed by atoms with Crippen molar-refractivity contribution in [1.29, 1.82) is 0 Å². The minimum Gasteiger partial charge on any atom is -0.494 e. The Morgan fingerprint density at radius 2 is 1.90 bits per heavy atom. The molecule has 0 aliphatic rings. The fourth-order valence-corrected chi connectivity index (χ4v) is 3.08. The maximum Gasteiger partial charge on any atom is 0.266 e. The van der Waals surface area contributed by atoms with Gasteiger partial charge in [0.25, 0.3) is 11.3 Å². The van der Waals surface area contributed by atoms with Crippen LogP contribution in [0.15, 0.2) is 70.2 Å². The third kappa shape index (κ3) is 4.07. The third-order valence-corrected chi connectivity index (χ3v) is 4.54. The SMILES string of the molecule is CCOc1ccc(NC(=O)CCn2cnc3onc(-c4ccccc4)c3c2=O)cc1. The summed E-state index contributed by atoms with van der Waals surface area (Å²) in [6.07, 6.45) is 1.49. The van der Waals surface area contributed by atoms with Crippen molar-refractivity contribution in [2.75, 3.05) is 11.9 Å². The molecule has 8 nitrogen and oxygen atoms in total. The topological polar surface area (TPSA) is 99.2 Å². The van der Waals surface area contributed by atoms with E-state index in [9.17, 15) is 9.59 Å². The number of aryl methyl sites for hydroxylation is 1. The average Bonchev–Trinajstić information content (AvgIpc) is 3.20. The number of amides is 1. The molecule has 0 fully saturated rings. The summed E-state index contributed by atoms with van der Waals surface area (Å²) in [5, 5.41) is 7.11. The van der Waals surface area contributed by atoms with Gasteiger partial charge in [0, 0.05) is 24.2 Å². The average molecular weight is 404 g/mol. The van der Waals surface area contributed by atoms with Crippen LogP contribution >= 0.6 is 0 Å². The van der Waals surface area contributed by atoms with Crippen molar-refractivity contribution < 1.29 is 14.1 Å². The van der Waals surface area contributed by atoms with Crippen LogP contribution < -0.4 is 15.6 Å². The summed E-state index contributed by atoms with van der Waals surface area (Å²) < 4.78 is 12.0. The van der Waals surface area contributed by atoms with Crippen LogP contribution in [0.3, 0.4) is 0 Å². The molecule has 4 aromatic rings. The van der Waals surface area contributed by atoms with Gasteiger partial charge in [-0.15, -0.1) is 0 Å². The first-order valence-corrected chi connectivity index (χ1v) is 9.58. The van der Waals surface area contributed by atoms with E-state index >= 15 is 0 Å². The van der Waals surface area contributed by atoms with E-state index in [1.54, 1.807) is 24.3 Å². The lowest BCUT2D eigenvalue weighted by molar-refractivity contribution is -0.116. The second-order valence-corrected chi connectivity index (χ2v) is 6.58. The molecule has 2 aromatic heterocycles. The summed E-state index contributed by atoms with van der Waals surface area (Å²) in [7, 11) is 0. The van der Waals surface area contributed by atoms with Crippen LogP contribution in [0.1, 0.15) is 13.3 Å². The highest BCUT2D eigenvalue weighted by Crippen LogP contribution is 2.23. The minimum atomic E-state index is -0.297. The molecule has 0 saturated heterocycles. The van der Waals surface area contributed by atoms with Gasteiger partial charge in [-0.1, -0.05) is 35.5 Å². The van der Waals surface area contributed by atoms with Crippen molar-refractivity contribution in [2.24, 2.45) is 0 Å². The Balaban J connectivity index is 1.48. The molecule has 0 unspecified atom stereocenters. The Morgan fingerprint density at radius 1 is 1.13 bits per heavy atom. The molecule has 1 amide bonds. The number of ether oxygens (including phenoxy) is 1. The maximum atomic E-state index is 12.9. The molecule has 2 heterocycles. The van der Waals surface area contributed by atoms with Gasteiger partial charge in [0.2, 0.25) is 5.91 Å². The molecule has 8 heteroatoms. The standard InChI is InChI=1S/C22H20N4O4/c1-2-29-17-10-8-16(9-11-17)24-18(27)12-13-26-14-23-21-19(22(26)28)20(25-30-21)15-6-4-3-5-7-15/h3-11,14H,2,12-13H2,1H3,(H,24,27). The van der Waals surface area contributed by atoms with Crippen molar-refractivity contribution in [3.05, 3.63) is 71.3 Å². The second kappa shape index (κ2) is 8.60. The monoisotopic (exact) mass is 404 g/mol. The summed E-state index contributed by atoms with van der Waals surface area (Å²) in [6, 6.07) is 16.4. The van der Waals surface area contributed by atoms with Gasteiger partial charge in [0.1, 0.15) is 23.2 Å². The van der Waals surface area contributed by atoms with Crippen LogP contribution in [-0.2, 0) is 11.3 Å². The maximum absolute atomic E-state index is 12.9. The van der Waals surface area contributed by atoms with Gasteiger partial charge in [0.05, 0.1) is 6.61 Å². The molecule has 0 radical (unpaired) electrons. The van der Waals surface area contributed by atoms with E-state index in [0.29, 0.717) is 23.4 Å². The van der Waals surface area contributed by atoms with Crippen LogP contribution in [0.2, 0.25) is 0 Å². The highest BCUT2D eigenvalue weighted by Gasteiger charge is 2.17. The number of nitrogens with zero attached hydrogens (tertiary/aromatic N) is 3. The van der Waals surface area contributed by atoms with Crippen molar-refractivity contribution in [1.82, 2.24) is 14.7 Å². The van der Waals surface area contributed by atoms with Crippen LogP contribution in [0.25, 0.3) is 22.4 Å². The molecule has 0 aliphatic carbocycles. The number of hydrogen-bond donors (Lipinski definition) is 1. The first-order valence-electron chi connectivity index (χ1n) is 9.58. The zero-order chi connectivity index (χ0) is 20.9. The largest absolute Gasteiger partial charge is 0.494 e. The predicted molar refractivity (Wildman–Crippen MR) is 112 cm³/mol. The Morgan fingerprint density at radius 3 is 2.63 bits per heavy atom. The minimum absolute atomic E-state index is 0.117. The lowest BCUT2D eigenvalue weighted by Crippen LogP contribution is -2.23. The van der Waals surface area contributed by atoms with Crippen molar-refractivity contribution in [3.63, 3.8) is 0 Å². The molecule has 1 N–H and O–H groups in total. The molecular weight excluding hydrogens is 384 g/mol. The quantitative estimate of drug-likeness (QED) is 0.506. The van der Waals surface area contributed by atoms with E-state index in [2.05, 4.69) is 15.5 Å². The first-order chi connectivity index (χ1) is 14.7. The Labute approximate surface area is 172 Å². The van der Waals surface area contributed by atoms with Gasteiger partial charge in [0.15, 0.2) is 0 Å². The smallest absolute Gasteiger partial charge is 0.266 e. The van der Waals surface area contributed by atoms with E-state index in [4.69, 9.17) is 9.26 Å². The van der Waals surface area contributed by atoms with Crippen molar-refractivity contribution >= 4 is 22.7 Å². The molecule has 0 spiro atoms. The fourth-order valence-electron chi connectivity index (χ4n) is 3.08. The highest BCUT2D eigenvalue weighted by molar-refractivity contribution is 5.91. The summed E-state index contributed by atoms with van der Waals surface area (Å²) in [5.41, 5.74) is 1.75. The number of hydrogen-bond acceptors (Lipinski definition) is 6. The van der Waals surface area contributed by atoms with Gasteiger partial charge in [-0.25, -0.2) is 4.98 Å². The molecule has 4 rings (SSSR count). The number of nitrogens with one attached hydrogen (secondary N) is 1. The number of aromatic nitrogens is 3. The third-order valence-electron chi connectivity index (χ3n) is 4.54. The van der Waals surface area contributed by atoms with E-state index in [0.717, 1.165) is 11.3 Å². The summed E-state index contributed by atoms with van der Waals surface area (Å²) in [4.78, 5) is 29.4. The highest BCUT2D eigenvalue weighted by atomic mass is 16.5. The van der Waals surface area contributed by atoms with E-state index < -0.39 is 0 Å². The summed E-state index contributed by atoms with van der Waals surface area (Å²) in [5.74, 6) is 0.532. The number of carbonyl (C=O) groups excluding carboxylic acids is 1. The van der Waals surface area contributed by atoms with Gasteiger partial charge >= 0.3 is 0 Å². The normalized spacial score (nSPS) is 10.8. The molecule has 0 bridgehead atoms. The predicted octanol–water partition coefficient (Wildman–Crippen LogP) is 3.48. The molecule has 152 valence electrons. The van der Waals surface area contributed by atoms with E-state index in [-0.39, 0.29) is 30.1 Å². The zero-order valence-electron chi connectivity index (χ0n) is 16.4. The molecule has 0 atom stereocenters. The van der Waals surface area contributed by atoms with Crippen molar-refractivity contribution in [2.45, 2.75) is 19.9 Å². The fraction of sp³-hybridized carbons (Fsp3) is 0.182. The van der Waals surface area contributed by atoms with Crippen molar-refractivity contribution in [3.8, 4) is 17.0 Å². The number of fused-ring (bicyclic) bond motifs is 1. The van der Waals surface area contributed by atoms with Gasteiger partial charge in [-0.2, -0.15) is 0 Å². The van der Waals surface area contributed by atoms with Gasteiger partial charge in [-0.3, -0.25) is 14.2 Å². The molecule has 30 heavy (non-hydrogen) atoms. The molecule has 2 aromatic carbocycles. The van der Waals surface area contributed by atoms with E-state index in [1.165, 1.54) is 10.9 Å². The Bertz CT molecular complexity index is 1210. The zero-order valence-corrected chi connectivity index (χ0v) is 16.4. The summed E-state index contributed by atoms with van der Waals surface area (Å²) >= 11 is 0. The second-order valence-electron chi connectivity index (χ2n) is 6.58. The molecule has 0 aliphatic heterocycles. The van der Waals surface area contributed by atoms with Crippen LogP contribution in [0, 0.1) is 0 Å². The number of carbonyl (C=O) groups is 1. The molecular formula is C22H20N4O4. The Hall–Kier alpha value is -3.94. The van der Waals surface area contributed by atoms with Crippen LogP contribution in [-0.4, -0.2) is 27.2 Å². The van der Waals surface area contributed by atoms with Crippen LogP contribution in [0.4, 0.5) is 5.69 Å². The lowest BCUT2D eigenvalue weighted by Gasteiger charge is -2.08.